The maximum absolute atomic E-state index is 13.3. The van der Waals surface area contributed by atoms with Gasteiger partial charge in [0.1, 0.15) is 23.6 Å². The van der Waals surface area contributed by atoms with Crippen molar-refractivity contribution in [1.29, 1.82) is 0 Å². The molecule has 0 aliphatic heterocycles. The number of hydrogen-bond donors (Lipinski definition) is 2. The molecule has 0 aromatic heterocycles. The maximum Gasteiger partial charge on any atom is 0.244 e. The van der Waals surface area contributed by atoms with Crippen LogP contribution in [0.3, 0.4) is 0 Å². The Bertz CT molecular complexity index is 991. The summed E-state index contributed by atoms with van der Waals surface area (Å²) >= 11 is 0. The van der Waals surface area contributed by atoms with Crippen LogP contribution in [0.5, 0.6) is 0 Å². The maximum atomic E-state index is 13.3. The van der Waals surface area contributed by atoms with Gasteiger partial charge in [0, 0.05) is 25.7 Å². The van der Waals surface area contributed by atoms with Gasteiger partial charge in [-0.25, -0.2) is 13.2 Å². The summed E-state index contributed by atoms with van der Waals surface area (Å²) in [4.78, 5) is 11.8. The summed E-state index contributed by atoms with van der Waals surface area (Å²) in [7, 11) is 0. The third-order valence-corrected chi connectivity index (χ3v) is 4.81. The Morgan fingerprint density at radius 2 is 1.27 bits per heavy atom. The van der Waals surface area contributed by atoms with E-state index >= 15 is 0 Å². The standard InChI is InChI=1S/C26H25F3N2O2/c27-22-8-1-19(2-9-22)3-14-25(32)31-16-15-30-17-18-33-26(20-4-10-23(28)11-5-20)21-6-12-24(29)13-7-21/h1-14,26,30H,15-18H2,(H,31,32)/b14-3+. The minimum atomic E-state index is -0.454. The topological polar surface area (TPSA) is 50.4 Å². The SMILES string of the molecule is O=C(/C=C/c1ccc(F)cc1)NCCNCCOC(c1ccc(F)cc1)c1ccc(F)cc1. The first-order chi connectivity index (χ1) is 16.0. The molecule has 3 aromatic carbocycles. The number of ether oxygens (including phenoxy) is 1. The van der Waals surface area contributed by atoms with Gasteiger partial charge >= 0.3 is 0 Å². The van der Waals surface area contributed by atoms with E-state index in [2.05, 4.69) is 10.6 Å². The summed E-state index contributed by atoms with van der Waals surface area (Å²) in [5.74, 6) is -1.25. The van der Waals surface area contributed by atoms with Gasteiger partial charge < -0.3 is 15.4 Å². The Hall–Kier alpha value is -3.42. The van der Waals surface area contributed by atoms with E-state index in [1.807, 2.05) is 0 Å². The fraction of sp³-hybridized carbons (Fsp3) is 0.192. The molecule has 0 aliphatic carbocycles. The van der Waals surface area contributed by atoms with Gasteiger partial charge in [0.15, 0.2) is 0 Å². The molecule has 0 saturated carbocycles. The second-order valence-electron chi connectivity index (χ2n) is 7.28. The molecule has 1 amide bonds. The van der Waals surface area contributed by atoms with E-state index in [0.29, 0.717) is 26.2 Å². The lowest BCUT2D eigenvalue weighted by atomic mass is 10.0. The van der Waals surface area contributed by atoms with E-state index < -0.39 is 6.10 Å². The minimum absolute atomic E-state index is 0.245. The van der Waals surface area contributed by atoms with Crippen LogP contribution in [0.1, 0.15) is 22.8 Å². The van der Waals surface area contributed by atoms with Crippen LogP contribution in [0.25, 0.3) is 6.08 Å². The van der Waals surface area contributed by atoms with Gasteiger partial charge in [-0.15, -0.1) is 0 Å². The molecule has 0 aliphatic rings. The van der Waals surface area contributed by atoms with Crippen molar-refractivity contribution < 1.29 is 22.7 Å². The molecule has 0 unspecified atom stereocenters. The quantitative estimate of drug-likeness (QED) is 0.328. The van der Waals surface area contributed by atoms with Gasteiger partial charge in [-0.3, -0.25) is 4.79 Å². The second-order valence-corrected chi connectivity index (χ2v) is 7.28. The number of amides is 1. The summed E-state index contributed by atoms with van der Waals surface area (Å²) < 4.78 is 45.4. The second kappa shape index (κ2) is 12.6. The first-order valence-electron chi connectivity index (χ1n) is 10.6. The fourth-order valence-electron chi connectivity index (χ4n) is 3.11. The summed E-state index contributed by atoms with van der Waals surface area (Å²) in [5, 5.41) is 5.92. The number of carbonyl (C=O) groups excluding carboxylic acids is 1. The molecular formula is C26H25F3N2O2. The van der Waals surface area contributed by atoms with Crippen LogP contribution >= 0.6 is 0 Å². The molecule has 3 aromatic rings. The van der Waals surface area contributed by atoms with Crippen LogP contribution in [0.4, 0.5) is 13.2 Å². The highest BCUT2D eigenvalue weighted by atomic mass is 19.1. The molecule has 0 radical (unpaired) electrons. The lowest BCUT2D eigenvalue weighted by Crippen LogP contribution is -2.32. The molecule has 33 heavy (non-hydrogen) atoms. The average Bonchev–Trinajstić information content (AvgIpc) is 2.82. The molecule has 0 bridgehead atoms. The average molecular weight is 454 g/mol. The molecular weight excluding hydrogens is 429 g/mol. The van der Waals surface area contributed by atoms with Crippen LogP contribution < -0.4 is 10.6 Å². The number of carbonyl (C=O) groups is 1. The van der Waals surface area contributed by atoms with E-state index in [1.54, 1.807) is 42.5 Å². The molecule has 0 fully saturated rings. The molecule has 7 heteroatoms. The summed E-state index contributed by atoms with van der Waals surface area (Å²) in [6, 6.07) is 17.9. The molecule has 3 rings (SSSR count). The van der Waals surface area contributed by atoms with Gasteiger partial charge in [0.05, 0.1) is 6.61 Å². The predicted molar refractivity (Wildman–Crippen MR) is 122 cm³/mol. The minimum Gasteiger partial charge on any atom is -0.367 e. The number of benzene rings is 3. The number of halogens is 3. The van der Waals surface area contributed by atoms with Crippen molar-refractivity contribution in [3.05, 3.63) is 113 Å². The zero-order chi connectivity index (χ0) is 23.5. The van der Waals surface area contributed by atoms with Crippen molar-refractivity contribution in [3.8, 4) is 0 Å². The lowest BCUT2D eigenvalue weighted by Gasteiger charge is -2.19. The Kier molecular flexibility index (Phi) is 9.23. The van der Waals surface area contributed by atoms with E-state index in [0.717, 1.165) is 16.7 Å². The van der Waals surface area contributed by atoms with Crippen molar-refractivity contribution in [2.75, 3.05) is 26.2 Å². The number of nitrogens with one attached hydrogen (secondary N) is 2. The molecule has 2 N–H and O–H groups in total. The molecule has 172 valence electrons. The smallest absolute Gasteiger partial charge is 0.244 e. The zero-order valence-electron chi connectivity index (χ0n) is 17.9. The Morgan fingerprint density at radius 3 is 1.82 bits per heavy atom. The zero-order valence-corrected chi connectivity index (χ0v) is 17.9. The highest BCUT2D eigenvalue weighted by molar-refractivity contribution is 5.91. The van der Waals surface area contributed by atoms with Gasteiger partial charge in [-0.1, -0.05) is 36.4 Å². The molecule has 0 saturated heterocycles. The summed E-state index contributed by atoms with van der Waals surface area (Å²) in [5.41, 5.74) is 2.27. The van der Waals surface area contributed by atoms with Crippen LogP contribution in [0, 0.1) is 17.5 Å². The molecule has 0 atom stereocenters. The largest absolute Gasteiger partial charge is 0.367 e. The van der Waals surface area contributed by atoms with E-state index in [4.69, 9.17) is 4.74 Å². The number of rotatable bonds is 11. The van der Waals surface area contributed by atoms with Crippen molar-refractivity contribution in [3.63, 3.8) is 0 Å². The van der Waals surface area contributed by atoms with Gasteiger partial charge in [0.25, 0.3) is 0 Å². The highest BCUT2D eigenvalue weighted by Crippen LogP contribution is 2.26. The Morgan fingerprint density at radius 1 is 0.758 bits per heavy atom. The third kappa shape index (κ3) is 8.21. The van der Waals surface area contributed by atoms with Crippen LogP contribution in [0.15, 0.2) is 78.9 Å². The first kappa shape index (κ1) is 24.2. The van der Waals surface area contributed by atoms with E-state index in [9.17, 15) is 18.0 Å². The fourth-order valence-corrected chi connectivity index (χ4v) is 3.11. The number of hydrogen-bond acceptors (Lipinski definition) is 3. The van der Waals surface area contributed by atoms with Crippen molar-refractivity contribution in [2.24, 2.45) is 0 Å². The normalized spacial score (nSPS) is 11.3. The molecule has 4 nitrogen and oxygen atoms in total. The van der Waals surface area contributed by atoms with Gasteiger partial charge in [-0.2, -0.15) is 0 Å². The van der Waals surface area contributed by atoms with Crippen molar-refractivity contribution in [2.45, 2.75) is 6.10 Å². The van der Waals surface area contributed by atoms with E-state index in [-0.39, 0.29) is 23.4 Å². The van der Waals surface area contributed by atoms with E-state index in [1.165, 1.54) is 42.5 Å². The predicted octanol–water partition coefficient (Wildman–Crippen LogP) is 4.63. The van der Waals surface area contributed by atoms with Gasteiger partial charge in [-0.05, 0) is 59.2 Å². The molecule has 0 heterocycles. The Labute approximate surface area is 191 Å². The Balaban J connectivity index is 1.39. The monoisotopic (exact) mass is 454 g/mol. The summed E-state index contributed by atoms with van der Waals surface area (Å²) in [6.45, 7) is 1.85. The first-order valence-corrected chi connectivity index (χ1v) is 10.6. The van der Waals surface area contributed by atoms with Crippen LogP contribution in [-0.4, -0.2) is 32.1 Å². The molecule has 0 spiro atoms. The van der Waals surface area contributed by atoms with Crippen molar-refractivity contribution in [1.82, 2.24) is 10.6 Å². The lowest BCUT2D eigenvalue weighted by molar-refractivity contribution is -0.116. The van der Waals surface area contributed by atoms with Crippen LogP contribution in [-0.2, 0) is 9.53 Å². The summed E-state index contributed by atoms with van der Waals surface area (Å²) in [6.07, 6.45) is 2.55. The van der Waals surface area contributed by atoms with Crippen LogP contribution in [0.2, 0.25) is 0 Å². The van der Waals surface area contributed by atoms with Gasteiger partial charge in [0.2, 0.25) is 5.91 Å². The highest BCUT2D eigenvalue weighted by Gasteiger charge is 2.15. The van der Waals surface area contributed by atoms with Crippen molar-refractivity contribution >= 4 is 12.0 Å². The third-order valence-electron chi connectivity index (χ3n) is 4.81.